The molecule has 0 fully saturated rings. The van der Waals surface area contributed by atoms with E-state index in [2.05, 4.69) is 56.9 Å². The molecule has 0 aliphatic carbocycles. The van der Waals surface area contributed by atoms with Crippen molar-refractivity contribution < 1.29 is 61.3 Å². The third kappa shape index (κ3) is 20.4. The van der Waals surface area contributed by atoms with Crippen molar-refractivity contribution in [1.82, 2.24) is 4.90 Å². The van der Waals surface area contributed by atoms with Crippen LogP contribution in [0.5, 0.6) is 0 Å². The molecule has 0 aromatic carbocycles. The number of hydrogen-bond acceptors (Lipinski definition) is 3. The van der Waals surface area contributed by atoms with Crippen LogP contribution in [-0.2, 0) is 4.79 Å². The second-order valence-corrected chi connectivity index (χ2v) is 8.46. The van der Waals surface area contributed by atoms with Gasteiger partial charge in [0.15, 0.2) is 0 Å². The largest absolute Gasteiger partial charge is 1.00 e. The number of carboxylic acid groups (broad SMARTS) is 1. The zero-order chi connectivity index (χ0) is 21.7. The molecule has 0 saturated heterocycles. The Hall–Kier alpha value is 0.546. The Labute approximate surface area is 230 Å². The van der Waals surface area contributed by atoms with E-state index in [1.54, 1.807) is 0 Å². The van der Waals surface area contributed by atoms with Gasteiger partial charge >= 0.3 is 51.4 Å². The van der Waals surface area contributed by atoms with Crippen LogP contribution in [-0.4, -0.2) is 30.5 Å². The van der Waals surface area contributed by atoms with Crippen molar-refractivity contribution >= 4 is 5.97 Å². The molecule has 0 radical (unpaired) electrons. The molecule has 0 amide bonds. The van der Waals surface area contributed by atoms with Crippen LogP contribution in [0.2, 0.25) is 0 Å². The van der Waals surface area contributed by atoms with Crippen molar-refractivity contribution in [3.63, 3.8) is 0 Å². The summed E-state index contributed by atoms with van der Waals surface area (Å²) in [5, 5.41) is 11.3. The summed E-state index contributed by atoms with van der Waals surface area (Å²) in [6.45, 7) is 10.5. The maximum Gasteiger partial charge on any atom is 1.00 e. The quantitative estimate of drug-likeness (QED) is 0.164. The van der Waals surface area contributed by atoms with Gasteiger partial charge in [0.25, 0.3) is 0 Å². The van der Waals surface area contributed by atoms with Crippen LogP contribution in [0.1, 0.15) is 105 Å². The molecule has 0 aromatic heterocycles. The minimum Gasteiger partial charge on any atom is -0.549 e. The minimum atomic E-state index is -0.971. The summed E-state index contributed by atoms with van der Waals surface area (Å²) in [4.78, 5) is 13.4. The van der Waals surface area contributed by atoms with Crippen LogP contribution >= 0.6 is 0 Å². The average molecular weight is 446 g/mol. The molecule has 0 aliphatic heterocycles. The molecule has 170 valence electrons. The van der Waals surface area contributed by atoms with Gasteiger partial charge in [0.1, 0.15) is 0 Å². The summed E-state index contributed by atoms with van der Waals surface area (Å²) >= 11 is 0. The van der Waals surface area contributed by atoms with Crippen LogP contribution in [0.15, 0.2) is 24.3 Å². The van der Waals surface area contributed by atoms with E-state index in [1.165, 1.54) is 51.4 Å². The number of allylic oxidation sites excluding steroid dienone is 2. The number of carbonyl (C=O) groups excluding carboxylic acids is 1. The Balaban J connectivity index is 0. The fraction of sp³-hybridized carbons (Fsp3) is 0.808. The first kappa shape index (κ1) is 32.7. The fourth-order valence-electron chi connectivity index (χ4n) is 3.66. The summed E-state index contributed by atoms with van der Waals surface area (Å²) in [5.74, 6) is -0.145. The van der Waals surface area contributed by atoms with E-state index in [0.29, 0.717) is 11.8 Å². The number of nitrogens with zero attached hydrogens (tertiary/aromatic N) is 1. The number of rotatable bonds is 20. The molecule has 0 aromatic rings. The van der Waals surface area contributed by atoms with Gasteiger partial charge in [0.2, 0.25) is 0 Å². The smallest absolute Gasteiger partial charge is 0.549 e. The van der Waals surface area contributed by atoms with E-state index in [1.807, 2.05) is 0 Å². The van der Waals surface area contributed by atoms with Gasteiger partial charge in [-0.3, -0.25) is 4.90 Å². The summed E-state index contributed by atoms with van der Waals surface area (Å²) in [6.07, 6.45) is 23.8. The van der Waals surface area contributed by atoms with Crippen molar-refractivity contribution in [3.8, 4) is 0 Å². The molecular formula is C26H48KNO2. The first-order valence-corrected chi connectivity index (χ1v) is 12.3. The van der Waals surface area contributed by atoms with Gasteiger partial charge in [-0.2, -0.15) is 0 Å². The monoisotopic (exact) mass is 445 g/mol. The fourth-order valence-corrected chi connectivity index (χ4v) is 3.66. The van der Waals surface area contributed by atoms with Gasteiger partial charge in [-0.25, -0.2) is 0 Å². The van der Waals surface area contributed by atoms with Gasteiger partial charge in [-0.1, -0.05) is 90.5 Å². The third-order valence-corrected chi connectivity index (χ3v) is 5.65. The molecule has 0 spiro atoms. The van der Waals surface area contributed by atoms with Gasteiger partial charge in [0, 0.05) is 19.6 Å². The molecule has 3 nitrogen and oxygen atoms in total. The molecule has 2 unspecified atom stereocenters. The molecule has 30 heavy (non-hydrogen) atoms. The summed E-state index contributed by atoms with van der Waals surface area (Å²) < 4.78 is 0. The van der Waals surface area contributed by atoms with E-state index in [9.17, 15) is 9.90 Å². The number of hydrogen-bond donors (Lipinski definition) is 0. The van der Waals surface area contributed by atoms with Gasteiger partial charge in [-0.15, -0.1) is 0 Å². The van der Waals surface area contributed by atoms with E-state index >= 15 is 0 Å². The Bertz CT molecular complexity index is 405. The number of carboxylic acids is 1. The van der Waals surface area contributed by atoms with Crippen molar-refractivity contribution in [2.24, 2.45) is 11.8 Å². The number of unbranched alkanes of at least 4 members (excludes halogenated alkanes) is 8. The molecule has 0 saturated carbocycles. The predicted octanol–water partition coefficient (Wildman–Crippen LogP) is 3.15. The molecule has 0 rings (SSSR count). The first-order valence-electron chi connectivity index (χ1n) is 12.3. The zero-order valence-corrected chi connectivity index (χ0v) is 24.0. The van der Waals surface area contributed by atoms with Crippen LogP contribution in [0.4, 0.5) is 0 Å². The van der Waals surface area contributed by atoms with Crippen molar-refractivity contribution in [3.05, 3.63) is 24.3 Å². The molecule has 2 atom stereocenters. The standard InChI is InChI=1S/C26H49NO2.K/c1-5-9-11-13-15-17-19-24(7-3)21-27(23-26(28)29)22-25(8-4)20-18-16-14-12-10-6-2;/h17-20,24-25H,5-16,21-23H2,1-4H3,(H,28,29);/q;+1/p-1/b19-17+,20-18+;. The van der Waals surface area contributed by atoms with E-state index in [0.717, 1.165) is 38.8 Å². The van der Waals surface area contributed by atoms with Crippen LogP contribution < -0.4 is 56.5 Å². The van der Waals surface area contributed by atoms with Crippen molar-refractivity contribution in [2.45, 2.75) is 105 Å². The van der Waals surface area contributed by atoms with Gasteiger partial charge in [-0.05, 0) is 50.4 Å². The summed E-state index contributed by atoms with van der Waals surface area (Å²) in [7, 11) is 0. The van der Waals surface area contributed by atoms with Gasteiger partial charge < -0.3 is 9.90 Å². The van der Waals surface area contributed by atoms with Crippen molar-refractivity contribution in [2.75, 3.05) is 19.6 Å². The molecule has 0 bridgehead atoms. The van der Waals surface area contributed by atoms with E-state index in [4.69, 9.17) is 0 Å². The minimum absolute atomic E-state index is 0. The summed E-state index contributed by atoms with van der Waals surface area (Å²) in [6, 6.07) is 0. The Morgan fingerprint density at radius 1 is 0.767 bits per heavy atom. The molecule has 0 aliphatic rings. The third-order valence-electron chi connectivity index (χ3n) is 5.65. The SMILES string of the molecule is CCCCCC/C=C/C(CC)CN(CC(=O)[O-])CC(/C=C/CCCCCC)CC.[K+]. The molecule has 0 N–H and O–H groups in total. The topological polar surface area (TPSA) is 43.4 Å². The van der Waals surface area contributed by atoms with Crippen molar-refractivity contribution in [1.29, 1.82) is 0 Å². The summed E-state index contributed by atoms with van der Waals surface area (Å²) in [5.41, 5.74) is 0. The van der Waals surface area contributed by atoms with Crippen LogP contribution in [0.3, 0.4) is 0 Å². The molecular weight excluding hydrogens is 397 g/mol. The first-order chi connectivity index (χ1) is 14.1. The van der Waals surface area contributed by atoms with Crippen LogP contribution in [0.25, 0.3) is 0 Å². The van der Waals surface area contributed by atoms with E-state index < -0.39 is 5.97 Å². The maximum absolute atomic E-state index is 11.3. The maximum atomic E-state index is 11.3. The second kappa shape index (κ2) is 24.2. The number of aliphatic carboxylic acids is 1. The zero-order valence-electron chi connectivity index (χ0n) is 20.8. The van der Waals surface area contributed by atoms with Crippen LogP contribution in [0, 0.1) is 11.8 Å². The molecule has 4 heteroatoms. The van der Waals surface area contributed by atoms with E-state index in [-0.39, 0.29) is 57.9 Å². The van der Waals surface area contributed by atoms with Gasteiger partial charge in [0.05, 0.1) is 5.97 Å². The molecule has 0 heterocycles. The Kier molecular flexibility index (Phi) is 26.4. The predicted molar refractivity (Wildman–Crippen MR) is 125 cm³/mol. The Morgan fingerprint density at radius 3 is 1.53 bits per heavy atom. The average Bonchev–Trinajstić information content (AvgIpc) is 2.70. The normalized spacial score (nSPS) is 13.8. The second-order valence-electron chi connectivity index (χ2n) is 8.46. The Morgan fingerprint density at radius 2 is 1.20 bits per heavy atom. The number of carbonyl (C=O) groups is 1.